The number of likely N-dealkylation sites (tertiary alicyclic amines) is 1. The Morgan fingerprint density at radius 1 is 1.61 bits per heavy atom. The lowest BCUT2D eigenvalue weighted by molar-refractivity contribution is -0.121. The van der Waals surface area contributed by atoms with Crippen molar-refractivity contribution in [1.29, 1.82) is 0 Å². The molecule has 1 aliphatic heterocycles. The van der Waals surface area contributed by atoms with Crippen LogP contribution in [0.2, 0.25) is 0 Å². The molecule has 2 atom stereocenters. The van der Waals surface area contributed by atoms with Crippen molar-refractivity contribution in [2.75, 3.05) is 33.4 Å². The Morgan fingerprint density at radius 2 is 2.39 bits per heavy atom. The van der Waals surface area contributed by atoms with Crippen molar-refractivity contribution in [1.82, 2.24) is 10.2 Å². The zero-order valence-corrected chi connectivity index (χ0v) is 11.7. The first kappa shape index (κ1) is 15.4. The van der Waals surface area contributed by atoms with Crippen molar-refractivity contribution >= 4 is 5.91 Å². The SMILES string of the molecule is COCCN1CCCC1CNC(=O)CCC(C)N. The van der Waals surface area contributed by atoms with Crippen molar-refractivity contribution in [3.63, 3.8) is 0 Å². The molecule has 106 valence electrons. The second-order valence-electron chi connectivity index (χ2n) is 5.14. The highest BCUT2D eigenvalue weighted by Gasteiger charge is 2.24. The molecule has 1 amide bonds. The molecule has 5 heteroatoms. The highest BCUT2D eigenvalue weighted by Crippen LogP contribution is 2.15. The van der Waals surface area contributed by atoms with Crippen molar-refractivity contribution in [3.8, 4) is 0 Å². The summed E-state index contributed by atoms with van der Waals surface area (Å²) in [6.45, 7) is 5.51. The average Bonchev–Trinajstić information content (AvgIpc) is 2.78. The predicted molar refractivity (Wildman–Crippen MR) is 72.4 cm³/mol. The van der Waals surface area contributed by atoms with Crippen LogP contribution in [-0.2, 0) is 9.53 Å². The zero-order chi connectivity index (χ0) is 13.4. The fourth-order valence-corrected chi connectivity index (χ4v) is 2.31. The maximum Gasteiger partial charge on any atom is 0.220 e. The number of amides is 1. The molecule has 0 saturated carbocycles. The lowest BCUT2D eigenvalue weighted by Gasteiger charge is -2.24. The zero-order valence-electron chi connectivity index (χ0n) is 11.7. The summed E-state index contributed by atoms with van der Waals surface area (Å²) in [5, 5.41) is 3.01. The summed E-state index contributed by atoms with van der Waals surface area (Å²) in [7, 11) is 1.72. The third-order valence-corrected chi connectivity index (χ3v) is 3.44. The number of ether oxygens (including phenoxy) is 1. The van der Waals surface area contributed by atoms with E-state index in [1.54, 1.807) is 7.11 Å². The van der Waals surface area contributed by atoms with E-state index in [4.69, 9.17) is 10.5 Å². The van der Waals surface area contributed by atoms with Crippen LogP contribution >= 0.6 is 0 Å². The third-order valence-electron chi connectivity index (χ3n) is 3.44. The van der Waals surface area contributed by atoms with Crippen molar-refractivity contribution in [2.45, 2.75) is 44.7 Å². The molecule has 0 aromatic heterocycles. The van der Waals surface area contributed by atoms with Gasteiger partial charge < -0.3 is 15.8 Å². The van der Waals surface area contributed by atoms with Crippen LogP contribution in [-0.4, -0.2) is 56.2 Å². The first-order valence-corrected chi connectivity index (χ1v) is 6.88. The summed E-state index contributed by atoms with van der Waals surface area (Å²) in [5.41, 5.74) is 5.63. The van der Waals surface area contributed by atoms with Crippen LogP contribution in [0.3, 0.4) is 0 Å². The highest BCUT2D eigenvalue weighted by molar-refractivity contribution is 5.75. The lowest BCUT2D eigenvalue weighted by Crippen LogP contribution is -2.41. The van der Waals surface area contributed by atoms with Crippen LogP contribution in [0.4, 0.5) is 0 Å². The molecular formula is C13H27N3O2. The monoisotopic (exact) mass is 257 g/mol. The highest BCUT2D eigenvalue weighted by atomic mass is 16.5. The van der Waals surface area contributed by atoms with Gasteiger partial charge in [0.1, 0.15) is 0 Å². The summed E-state index contributed by atoms with van der Waals surface area (Å²) in [5.74, 6) is 0.117. The maximum atomic E-state index is 11.6. The molecular weight excluding hydrogens is 230 g/mol. The van der Waals surface area contributed by atoms with Gasteiger partial charge >= 0.3 is 0 Å². The van der Waals surface area contributed by atoms with E-state index in [9.17, 15) is 4.79 Å². The van der Waals surface area contributed by atoms with Gasteiger partial charge in [-0.2, -0.15) is 0 Å². The Kier molecular flexibility index (Phi) is 7.23. The first-order valence-electron chi connectivity index (χ1n) is 6.88. The van der Waals surface area contributed by atoms with Gasteiger partial charge in [0, 0.05) is 38.7 Å². The van der Waals surface area contributed by atoms with Gasteiger partial charge in [-0.05, 0) is 32.7 Å². The van der Waals surface area contributed by atoms with Gasteiger partial charge in [-0.3, -0.25) is 9.69 Å². The minimum Gasteiger partial charge on any atom is -0.383 e. The van der Waals surface area contributed by atoms with Crippen molar-refractivity contribution in [3.05, 3.63) is 0 Å². The van der Waals surface area contributed by atoms with E-state index >= 15 is 0 Å². The number of carbonyl (C=O) groups excluding carboxylic acids is 1. The van der Waals surface area contributed by atoms with E-state index in [0.717, 1.165) is 39.1 Å². The molecule has 0 radical (unpaired) electrons. The van der Waals surface area contributed by atoms with Crippen LogP contribution < -0.4 is 11.1 Å². The molecule has 5 nitrogen and oxygen atoms in total. The Bertz CT molecular complexity index is 246. The predicted octanol–water partition coefficient (Wildman–Crippen LogP) is 0.341. The number of nitrogens with one attached hydrogen (secondary N) is 1. The smallest absolute Gasteiger partial charge is 0.220 e. The van der Waals surface area contributed by atoms with Gasteiger partial charge in [-0.1, -0.05) is 0 Å². The maximum absolute atomic E-state index is 11.6. The second-order valence-corrected chi connectivity index (χ2v) is 5.14. The molecule has 1 rings (SSSR count). The minimum atomic E-state index is 0.0976. The van der Waals surface area contributed by atoms with E-state index < -0.39 is 0 Å². The quantitative estimate of drug-likeness (QED) is 0.658. The molecule has 0 aliphatic carbocycles. The van der Waals surface area contributed by atoms with E-state index in [1.165, 1.54) is 6.42 Å². The fourth-order valence-electron chi connectivity index (χ4n) is 2.31. The normalized spacial score (nSPS) is 22.1. The molecule has 0 aromatic carbocycles. The van der Waals surface area contributed by atoms with E-state index in [1.807, 2.05) is 6.92 Å². The number of carbonyl (C=O) groups is 1. The van der Waals surface area contributed by atoms with Gasteiger partial charge in [-0.15, -0.1) is 0 Å². The standard InChI is InChI=1S/C13H27N3O2/c1-11(14)5-6-13(17)15-10-12-4-3-7-16(12)8-9-18-2/h11-12H,3-10,14H2,1-2H3,(H,15,17). The Balaban J connectivity index is 2.18. The number of nitrogens with two attached hydrogens (primary N) is 1. The Labute approximate surface area is 110 Å². The van der Waals surface area contributed by atoms with E-state index in [2.05, 4.69) is 10.2 Å². The summed E-state index contributed by atoms with van der Waals surface area (Å²) >= 11 is 0. The molecule has 18 heavy (non-hydrogen) atoms. The number of methoxy groups -OCH3 is 1. The van der Waals surface area contributed by atoms with Crippen molar-refractivity contribution in [2.24, 2.45) is 5.73 Å². The van der Waals surface area contributed by atoms with Gasteiger partial charge in [0.2, 0.25) is 5.91 Å². The van der Waals surface area contributed by atoms with E-state index in [0.29, 0.717) is 12.5 Å². The topological polar surface area (TPSA) is 67.6 Å². The molecule has 0 spiro atoms. The van der Waals surface area contributed by atoms with Crippen LogP contribution in [0.5, 0.6) is 0 Å². The summed E-state index contributed by atoms with van der Waals surface area (Å²) in [6.07, 6.45) is 3.66. The van der Waals surface area contributed by atoms with Gasteiger partial charge in [-0.25, -0.2) is 0 Å². The molecule has 0 bridgehead atoms. The van der Waals surface area contributed by atoms with Crippen LogP contribution in [0, 0.1) is 0 Å². The molecule has 1 fully saturated rings. The number of hydrogen-bond donors (Lipinski definition) is 2. The van der Waals surface area contributed by atoms with Crippen LogP contribution in [0.25, 0.3) is 0 Å². The van der Waals surface area contributed by atoms with E-state index in [-0.39, 0.29) is 11.9 Å². The largest absolute Gasteiger partial charge is 0.383 e. The Morgan fingerprint density at radius 3 is 3.06 bits per heavy atom. The summed E-state index contributed by atoms with van der Waals surface area (Å²) in [4.78, 5) is 14.0. The Hall–Kier alpha value is -0.650. The van der Waals surface area contributed by atoms with Gasteiger partial charge in [0.15, 0.2) is 0 Å². The molecule has 2 unspecified atom stereocenters. The fraction of sp³-hybridized carbons (Fsp3) is 0.923. The van der Waals surface area contributed by atoms with Crippen LogP contribution in [0.1, 0.15) is 32.6 Å². The van der Waals surface area contributed by atoms with Gasteiger partial charge in [0.05, 0.1) is 6.61 Å². The summed E-state index contributed by atoms with van der Waals surface area (Å²) < 4.78 is 5.10. The summed E-state index contributed by atoms with van der Waals surface area (Å²) in [6, 6.07) is 0.569. The lowest BCUT2D eigenvalue weighted by atomic mass is 10.2. The molecule has 0 aromatic rings. The molecule has 1 saturated heterocycles. The minimum absolute atomic E-state index is 0.0976. The second kappa shape index (κ2) is 8.45. The first-order chi connectivity index (χ1) is 8.63. The molecule has 1 aliphatic rings. The number of nitrogens with zero attached hydrogens (tertiary/aromatic N) is 1. The number of rotatable bonds is 8. The number of hydrogen-bond acceptors (Lipinski definition) is 4. The van der Waals surface area contributed by atoms with Crippen LogP contribution in [0.15, 0.2) is 0 Å². The van der Waals surface area contributed by atoms with Gasteiger partial charge in [0.25, 0.3) is 0 Å². The van der Waals surface area contributed by atoms with Crippen molar-refractivity contribution < 1.29 is 9.53 Å². The molecule has 1 heterocycles. The third kappa shape index (κ3) is 5.80. The molecule has 3 N–H and O–H groups in total. The average molecular weight is 257 g/mol.